The Balaban J connectivity index is 1.90. The van der Waals surface area contributed by atoms with Crippen molar-refractivity contribution in [2.75, 3.05) is 24.6 Å². The van der Waals surface area contributed by atoms with Crippen molar-refractivity contribution in [1.29, 1.82) is 0 Å². The van der Waals surface area contributed by atoms with E-state index in [0.717, 1.165) is 29.7 Å². The molecule has 3 heterocycles. The van der Waals surface area contributed by atoms with Gasteiger partial charge in [-0.25, -0.2) is 4.79 Å². The van der Waals surface area contributed by atoms with Gasteiger partial charge in [0.1, 0.15) is 16.6 Å². The molecule has 1 aliphatic heterocycles. The normalized spacial score (nSPS) is 16.8. The lowest BCUT2D eigenvalue weighted by atomic mass is 9.81. The highest BCUT2D eigenvalue weighted by atomic mass is 35.5. The number of para-hydroxylation sites is 1. The third-order valence-electron chi connectivity index (χ3n) is 6.96. The number of esters is 1. The highest BCUT2D eigenvalue weighted by Crippen LogP contribution is 2.53. The third kappa shape index (κ3) is 3.46. The molecule has 5 rings (SSSR count). The Kier molecular flexibility index (Phi) is 6.39. The fraction of sp³-hybridized carbons (Fsp3) is 0.310. The number of aromatic nitrogens is 2. The molecule has 0 amide bonds. The van der Waals surface area contributed by atoms with Crippen LogP contribution in [-0.2, 0) is 16.9 Å². The molecule has 7 heteroatoms. The van der Waals surface area contributed by atoms with Crippen molar-refractivity contribution in [1.82, 2.24) is 9.55 Å². The van der Waals surface area contributed by atoms with E-state index in [4.69, 9.17) is 26.1 Å². The van der Waals surface area contributed by atoms with Crippen molar-refractivity contribution in [2.45, 2.75) is 39.8 Å². The Hall–Kier alpha value is -3.51. The van der Waals surface area contributed by atoms with Crippen LogP contribution in [0.4, 0.5) is 5.69 Å². The number of fused-ring (bicyclic) bond motifs is 2. The highest BCUT2D eigenvalue weighted by molar-refractivity contribution is 6.32. The number of cyclic esters (lactones) is 1. The quantitative estimate of drug-likeness (QED) is 0.260. The van der Waals surface area contributed by atoms with Crippen molar-refractivity contribution in [3.63, 3.8) is 0 Å². The van der Waals surface area contributed by atoms with E-state index in [2.05, 4.69) is 18.7 Å². The van der Waals surface area contributed by atoms with E-state index in [1.54, 1.807) is 18.3 Å². The first-order chi connectivity index (χ1) is 17.5. The maximum absolute atomic E-state index is 13.3. The van der Waals surface area contributed by atoms with Crippen molar-refractivity contribution in [3.8, 4) is 5.75 Å². The Bertz CT molecular complexity index is 1440. The van der Waals surface area contributed by atoms with Crippen molar-refractivity contribution >= 4 is 34.2 Å². The number of nitrogens with zero attached hydrogens (tertiary/aromatic N) is 3. The summed E-state index contributed by atoms with van der Waals surface area (Å²) in [6, 6.07) is 17.6. The summed E-state index contributed by atoms with van der Waals surface area (Å²) in [5.41, 5.74) is 2.99. The van der Waals surface area contributed by atoms with Gasteiger partial charge in [-0.05, 0) is 58.0 Å². The van der Waals surface area contributed by atoms with Gasteiger partial charge in [-0.3, -0.25) is 4.98 Å². The first kappa shape index (κ1) is 24.2. The molecular weight excluding hydrogens is 474 g/mol. The lowest BCUT2D eigenvalue weighted by Gasteiger charge is -2.32. The minimum atomic E-state index is -1.36. The van der Waals surface area contributed by atoms with Crippen LogP contribution < -0.4 is 9.64 Å². The number of anilines is 1. The molecule has 186 valence electrons. The molecule has 1 aliphatic rings. The van der Waals surface area contributed by atoms with Crippen LogP contribution >= 0.6 is 11.6 Å². The van der Waals surface area contributed by atoms with Gasteiger partial charge in [-0.15, -0.1) is 0 Å². The highest BCUT2D eigenvalue weighted by Gasteiger charge is 2.54. The topological polar surface area (TPSA) is 56.6 Å². The summed E-state index contributed by atoms with van der Waals surface area (Å²) in [6.45, 7) is 11.1. The predicted octanol–water partition coefficient (Wildman–Crippen LogP) is 6.42. The van der Waals surface area contributed by atoms with Gasteiger partial charge >= 0.3 is 5.97 Å². The lowest BCUT2D eigenvalue weighted by Crippen LogP contribution is -2.32. The first-order valence-electron chi connectivity index (χ1n) is 12.5. The van der Waals surface area contributed by atoms with Crippen molar-refractivity contribution < 1.29 is 14.3 Å². The van der Waals surface area contributed by atoms with E-state index in [0.29, 0.717) is 46.4 Å². The van der Waals surface area contributed by atoms with Gasteiger partial charge in [0.05, 0.1) is 17.7 Å². The number of ether oxygens (including phenoxy) is 2. The molecule has 0 radical (unpaired) electrons. The van der Waals surface area contributed by atoms with E-state index >= 15 is 0 Å². The number of halogens is 1. The Morgan fingerprint density at radius 1 is 1.06 bits per heavy atom. The van der Waals surface area contributed by atoms with Crippen molar-refractivity contribution in [2.24, 2.45) is 0 Å². The zero-order chi connectivity index (χ0) is 25.4. The minimum Gasteiger partial charge on any atom is -0.493 e. The maximum atomic E-state index is 13.3. The first-order valence-corrected chi connectivity index (χ1v) is 12.9. The summed E-state index contributed by atoms with van der Waals surface area (Å²) in [7, 11) is 0. The molecule has 6 nitrogen and oxygen atoms in total. The number of aryl methyl sites for hydroxylation is 1. The summed E-state index contributed by atoms with van der Waals surface area (Å²) in [5, 5.41) is 1.42. The van der Waals surface area contributed by atoms with E-state index in [1.807, 2.05) is 60.9 Å². The summed E-state index contributed by atoms with van der Waals surface area (Å²) < 4.78 is 14.6. The summed E-state index contributed by atoms with van der Waals surface area (Å²) in [4.78, 5) is 20.3. The lowest BCUT2D eigenvalue weighted by molar-refractivity contribution is 0.0240. The maximum Gasteiger partial charge on any atom is 0.341 e. The van der Waals surface area contributed by atoms with Crippen LogP contribution in [0, 0.1) is 0 Å². The van der Waals surface area contributed by atoms with Crippen LogP contribution in [0.1, 0.15) is 54.9 Å². The Morgan fingerprint density at radius 3 is 2.56 bits per heavy atom. The second-order valence-corrected chi connectivity index (χ2v) is 9.04. The second kappa shape index (κ2) is 9.51. The van der Waals surface area contributed by atoms with Crippen LogP contribution in [0.5, 0.6) is 5.75 Å². The number of hydrogen-bond acceptors (Lipinski definition) is 5. The number of hydrogen-bond donors (Lipinski definition) is 0. The molecule has 1 unspecified atom stereocenters. The number of carbonyl (C=O) groups is 1. The number of rotatable bonds is 8. The van der Waals surface area contributed by atoms with Gasteiger partial charge in [0.25, 0.3) is 0 Å². The van der Waals surface area contributed by atoms with Gasteiger partial charge in [0.2, 0.25) is 5.60 Å². The average molecular weight is 504 g/mol. The van der Waals surface area contributed by atoms with E-state index in [9.17, 15) is 4.79 Å². The predicted molar refractivity (Wildman–Crippen MR) is 143 cm³/mol. The fourth-order valence-corrected chi connectivity index (χ4v) is 5.80. The fourth-order valence-electron chi connectivity index (χ4n) is 5.36. The van der Waals surface area contributed by atoms with Gasteiger partial charge in [-0.2, -0.15) is 0 Å². The zero-order valence-corrected chi connectivity index (χ0v) is 21.8. The molecule has 4 aromatic rings. The SMILES string of the molecule is CCOc1cc(N(CC)CC)ccc1C1(c2c(Cl)n(CC)c3ccccc23)OC(=O)c2cccnc21. The van der Waals surface area contributed by atoms with Crippen LogP contribution in [0.25, 0.3) is 10.9 Å². The molecule has 0 aliphatic carbocycles. The molecule has 2 aromatic heterocycles. The second-order valence-electron chi connectivity index (χ2n) is 8.68. The van der Waals surface area contributed by atoms with E-state index in [1.165, 1.54) is 0 Å². The molecule has 0 N–H and O–H groups in total. The average Bonchev–Trinajstić information content (AvgIpc) is 3.36. The van der Waals surface area contributed by atoms with Crippen LogP contribution in [0.15, 0.2) is 60.8 Å². The van der Waals surface area contributed by atoms with Crippen LogP contribution in [-0.4, -0.2) is 35.2 Å². The van der Waals surface area contributed by atoms with Crippen molar-refractivity contribution in [3.05, 3.63) is 88.3 Å². The van der Waals surface area contributed by atoms with Gasteiger partial charge in [-0.1, -0.05) is 29.8 Å². The van der Waals surface area contributed by atoms with Gasteiger partial charge in [0, 0.05) is 54.1 Å². The van der Waals surface area contributed by atoms with E-state index in [-0.39, 0.29) is 0 Å². The standard InChI is InChI=1S/C29H30ClN3O3/c1-5-32(6-2)19-15-16-22(24(18-19)35-8-4)29(26-21(28(34)36-29)13-11-17-31-26)25-20-12-9-10-14-23(20)33(7-3)27(25)30/h9-18H,5-8H2,1-4H3. The zero-order valence-electron chi connectivity index (χ0n) is 21.0. The number of benzene rings is 2. The van der Waals surface area contributed by atoms with Crippen LogP contribution in [0.2, 0.25) is 5.15 Å². The summed E-state index contributed by atoms with van der Waals surface area (Å²) in [6.07, 6.45) is 1.69. The number of carbonyl (C=O) groups excluding carboxylic acids is 1. The minimum absolute atomic E-state index is 0.428. The monoisotopic (exact) mass is 503 g/mol. The molecule has 0 saturated heterocycles. The molecule has 36 heavy (non-hydrogen) atoms. The summed E-state index contributed by atoms with van der Waals surface area (Å²) in [5.74, 6) is 0.204. The van der Waals surface area contributed by atoms with Gasteiger partial charge in [0.15, 0.2) is 0 Å². The molecule has 2 aromatic carbocycles. The van der Waals surface area contributed by atoms with Gasteiger partial charge < -0.3 is 18.9 Å². The molecule has 0 spiro atoms. The third-order valence-corrected chi connectivity index (χ3v) is 7.35. The number of pyridine rings is 1. The Labute approximate surface area is 216 Å². The molecule has 0 saturated carbocycles. The molecule has 0 bridgehead atoms. The smallest absolute Gasteiger partial charge is 0.341 e. The Morgan fingerprint density at radius 2 is 1.83 bits per heavy atom. The van der Waals surface area contributed by atoms with E-state index < -0.39 is 11.6 Å². The van der Waals surface area contributed by atoms with Crippen LogP contribution in [0.3, 0.4) is 0 Å². The molecule has 0 fully saturated rings. The molecular formula is C29H30ClN3O3. The molecule has 1 atom stereocenters. The largest absolute Gasteiger partial charge is 0.493 e. The summed E-state index contributed by atoms with van der Waals surface area (Å²) >= 11 is 7.14.